The monoisotopic (exact) mass is 1890 g/mol. The Bertz CT molecular complexity index is 5230. The summed E-state index contributed by atoms with van der Waals surface area (Å²) in [5.74, 6) is -3.03. The molecule has 0 bridgehead atoms. The molecule has 0 saturated carbocycles. The van der Waals surface area contributed by atoms with Gasteiger partial charge in [0.1, 0.15) is 110 Å². The van der Waals surface area contributed by atoms with Crippen molar-refractivity contribution in [2.24, 2.45) is 0 Å². The van der Waals surface area contributed by atoms with E-state index in [-0.39, 0.29) is 92.5 Å². The Morgan fingerprint density at radius 2 is 0.486 bits per heavy atom. The molecule has 0 aliphatic carbocycles. The highest BCUT2D eigenvalue weighted by Gasteiger charge is 2.60. The highest BCUT2D eigenvalue weighted by Crippen LogP contribution is 2.41. The number of hydrogen-bond donors (Lipinski definition) is 5. The van der Waals surface area contributed by atoms with Crippen LogP contribution in [-0.2, 0) is 185 Å². The second-order valence-electron chi connectivity index (χ2n) is 34.5. The van der Waals surface area contributed by atoms with Crippen molar-refractivity contribution in [3.8, 4) is 0 Å². The van der Waals surface area contributed by atoms with Crippen molar-refractivity contribution >= 4 is 23.8 Å². The second-order valence-corrected chi connectivity index (χ2v) is 34.5. The number of ether oxygens (including phenoxy) is 21. The maximum absolute atomic E-state index is 14.7. The van der Waals surface area contributed by atoms with E-state index in [9.17, 15) is 34.5 Å². The van der Waals surface area contributed by atoms with E-state index in [1.807, 2.05) is 303 Å². The predicted molar refractivity (Wildman–Crippen MR) is 499 cm³/mol. The molecule has 15 rings (SSSR count). The van der Waals surface area contributed by atoms with E-state index in [0.29, 0.717) is 5.56 Å². The molecule has 30 nitrogen and oxygen atoms in total. The molecular weight excluding hydrogens is 1770 g/mol. The number of hydrogen-bond acceptors (Lipinski definition) is 28. The first-order chi connectivity index (χ1) is 67.5. The number of esters is 2. The summed E-state index contributed by atoms with van der Waals surface area (Å²) in [6.07, 6.45) is -35.2. The van der Waals surface area contributed by atoms with Crippen molar-refractivity contribution in [2.45, 2.75) is 247 Å². The highest BCUT2D eigenvalue weighted by molar-refractivity contribution is 5.74. The van der Waals surface area contributed by atoms with Crippen molar-refractivity contribution in [2.75, 3.05) is 33.0 Å². The van der Waals surface area contributed by atoms with Gasteiger partial charge in [0.25, 0.3) is 0 Å². The lowest BCUT2D eigenvalue weighted by molar-refractivity contribution is -0.389. The summed E-state index contributed by atoms with van der Waals surface area (Å²) >= 11 is 0. The third-order valence-electron chi connectivity index (χ3n) is 24.1. The largest absolute Gasteiger partial charge is 0.457 e. The van der Waals surface area contributed by atoms with Gasteiger partial charge in [0, 0.05) is 27.7 Å². The maximum atomic E-state index is 14.7. The summed E-state index contributed by atoms with van der Waals surface area (Å²) in [4.78, 5) is 57.3. The number of amides is 2. The quantitative estimate of drug-likeness (QED) is 0.0221. The van der Waals surface area contributed by atoms with Crippen molar-refractivity contribution in [3.05, 3.63) is 359 Å². The van der Waals surface area contributed by atoms with E-state index in [1.165, 1.54) is 13.8 Å². The predicted octanol–water partition coefficient (Wildman–Crippen LogP) is 11.7. The molecule has 0 spiro atoms. The average Bonchev–Trinajstić information content (AvgIpc) is 0.753. The third-order valence-corrected chi connectivity index (χ3v) is 24.1. The summed E-state index contributed by atoms with van der Waals surface area (Å²) in [5.41, 5.74) is 7.71. The van der Waals surface area contributed by atoms with Crippen LogP contribution in [0.15, 0.2) is 303 Å². The van der Waals surface area contributed by atoms with Gasteiger partial charge in [-0.25, -0.2) is 0 Å². The van der Waals surface area contributed by atoms with Gasteiger partial charge in [0.2, 0.25) is 11.8 Å². The standard InChI is InChI=1S/C108H122N2O28/c1-70(111)109-89-98(124-61-80-47-27-11-28-48-80)95(86(131-104(89)117)67-120-57-76-39-19-7-20-40-76)136-105-90(110-71(2)112)99(125-62-81-49-29-12-30-50-81)96(87(132-105)68-121-58-77-41-21-8-22-42-77)137-108-103(130-73(4)114)102(138-107-92(116)101(127-64-83-53-33-14-34-54-83)94(123-60-79-45-25-10-26-46-79)85(134-107)66-119-56-75-37-17-6-18-38-75)97(129-72(3)113)88(135-108)69-128-106-91(115)100(126-63-82-51-31-13-32-52-82)93(122-59-78-43-23-9-24-44-78)84(133-106)65-118-55-74-35-15-5-16-36-74/h5-54,84-108,115-117H,55-69H2,1-4H3,(H,109,111)(H,110,112)/t84-,85-,86-,87-,88-,89-,90-,91+,92+,93-,94-,95-,96-,97-,98-,99-,100-,101-,102+,103+,104-,105+,106+,107-,108+/m1/s1. The van der Waals surface area contributed by atoms with Crippen LogP contribution in [-0.4, -0.2) is 226 Å². The molecule has 732 valence electrons. The molecule has 0 radical (unpaired) electrons. The normalized spacial score (nSPS) is 28.1. The van der Waals surface area contributed by atoms with E-state index in [4.69, 9.17) is 99.5 Å². The number of carbonyl (C=O) groups is 4. The van der Waals surface area contributed by atoms with E-state index < -0.39 is 184 Å². The Hall–Kier alpha value is -10.8. The van der Waals surface area contributed by atoms with Crippen molar-refractivity contribution in [1.82, 2.24) is 10.6 Å². The molecule has 138 heavy (non-hydrogen) atoms. The van der Waals surface area contributed by atoms with Gasteiger partial charge in [-0.05, 0) is 55.6 Å². The molecule has 30 heteroatoms. The molecule has 10 aromatic carbocycles. The lowest BCUT2D eigenvalue weighted by Crippen LogP contribution is -2.71. The van der Waals surface area contributed by atoms with Crippen molar-refractivity contribution in [1.29, 1.82) is 0 Å². The average molecular weight is 1900 g/mol. The maximum Gasteiger partial charge on any atom is 0.303 e. The molecule has 5 aliphatic rings. The second kappa shape index (κ2) is 52.5. The van der Waals surface area contributed by atoms with E-state index in [2.05, 4.69) is 10.6 Å². The van der Waals surface area contributed by atoms with Crippen LogP contribution in [0.2, 0.25) is 0 Å². The zero-order chi connectivity index (χ0) is 95.7. The lowest BCUT2D eigenvalue weighted by atomic mass is 9.93. The van der Waals surface area contributed by atoms with Crippen molar-refractivity contribution < 1.29 is 134 Å². The van der Waals surface area contributed by atoms with Crippen LogP contribution in [0.25, 0.3) is 0 Å². The smallest absolute Gasteiger partial charge is 0.303 e. The third kappa shape index (κ3) is 29.4. The van der Waals surface area contributed by atoms with Crippen LogP contribution in [0.1, 0.15) is 83.3 Å². The molecule has 5 heterocycles. The van der Waals surface area contributed by atoms with Gasteiger partial charge in [-0.15, -0.1) is 0 Å². The first-order valence-corrected chi connectivity index (χ1v) is 46.6. The van der Waals surface area contributed by atoms with Crippen LogP contribution >= 0.6 is 0 Å². The summed E-state index contributed by atoms with van der Waals surface area (Å²) in [6, 6.07) is 90.9. The van der Waals surface area contributed by atoms with Gasteiger partial charge in [-0.1, -0.05) is 303 Å². The van der Waals surface area contributed by atoms with Crippen LogP contribution < -0.4 is 10.6 Å². The number of aliphatic hydroxyl groups excluding tert-OH is 3. The number of rotatable bonds is 47. The number of carbonyl (C=O) groups excluding carboxylic acids is 4. The van der Waals surface area contributed by atoms with Gasteiger partial charge in [0.15, 0.2) is 43.7 Å². The molecule has 5 aliphatic heterocycles. The molecular formula is C108H122N2O28. The molecule has 0 aromatic heterocycles. The Kier molecular flexibility index (Phi) is 38.6. The van der Waals surface area contributed by atoms with Gasteiger partial charge in [-0.2, -0.15) is 0 Å². The fraction of sp³-hybridized carbons (Fsp3) is 0.407. The number of benzene rings is 10. The molecule has 5 fully saturated rings. The minimum absolute atomic E-state index is 0.0114. The first kappa shape index (κ1) is 102. The minimum Gasteiger partial charge on any atom is -0.457 e. The van der Waals surface area contributed by atoms with E-state index in [1.54, 1.807) is 0 Å². The minimum atomic E-state index is -2.01. The fourth-order valence-electron chi connectivity index (χ4n) is 17.5. The van der Waals surface area contributed by atoms with Crippen LogP contribution in [0, 0.1) is 0 Å². The SMILES string of the molecule is CC(=O)N[C@@H]1[C@@H](OCc2ccccc2)[C@H](O[C@@H]2O[C@H](COCc3ccccc3)[C@@H](O[C@@H]3O[C@H](CO[C@H]4O[C@H](COCc5ccccc5)[C@@H](OCc5ccccc5)[C@H](OCc5ccccc5)[C@@H]4O)[C@@H](OC(C)=O)[C@H](O[C@H]4O[C@H](COCc5ccccc5)[C@@H](OCc5ccccc5)[C@H](OCc5ccccc5)[C@@H]4O)[C@@H]3OC(C)=O)[C@H](OCc3ccccc3)[C@H]2NC(C)=O)[C@@H](COCc2ccccc2)O[C@H]1O. The zero-order valence-corrected chi connectivity index (χ0v) is 77.5. The Balaban J connectivity index is 0.856. The Morgan fingerprint density at radius 3 is 0.826 bits per heavy atom. The summed E-state index contributed by atoms with van der Waals surface area (Å²) < 4.78 is 146. The van der Waals surface area contributed by atoms with Gasteiger partial charge in [-0.3, -0.25) is 19.2 Å². The number of aliphatic hydroxyl groups is 3. The highest BCUT2D eigenvalue weighted by atomic mass is 16.8. The molecule has 2 amide bonds. The van der Waals surface area contributed by atoms with E-state index >= 15 is 0 Å². The molecule has 10 aromatic rings. The Labute approximate surface area is 803 Å². The molecule has 5 N–H and O–H groups in total. The topological polar surface area (TPSA) is 347 Å². The lowest BCUT2D eigenvalue weighted by Gasteiger charge is -2.52. The van der Waals surface area contributed by atoms with Crippen LogP contribution in [0.3, 0.4) is 0 Å². The summed E-state index contributed by atoms with van der Waals surface area (Å²) in [7, 11) is 0. The van der Waals surface area contributed by atoms with Gasteiger partial charge in [0.05, 0.1) is 99.1 Å². The first-order valence-electron chi connectivity index (χ1n) is 46.6. The Morgan fingerprint density at radius 1 is 0.239 bits per heavy atom. The summed E-state index contributed by atoms with van der Waals surface area (Å²) in [5, 5.41) is 44.9. The van der Waals surface area contributed by atoms with Crippen LogP contribution in [0.4, 0.5) is 0 Å². The van der Waals surface area contributed by atoms with Crippen LogP contribution in [0.5, 0.6) is 0 Å². The zero-order valence-electron chi connectivity index (χ0n) is 77.5. The molecule has 5 saturated heterocycles. The van der Waals surface area contributed by atoms with Crippen molar-refractivity contribution in [3.63, 3.8) is 0 Å². The molecule has 25 atom stereocenters. The van der Waals surface area contributed by atoms with Gasteiger partial charge >= 0.3 is 11.9 Å². The van der Waals surface area contributed by atoms with Gasteiger partial charge < -0.3 is 125 Å². The molecule has 0 unspecified atom stereocenters. The number of nitrogens with one attached hydrogen (secondary N) is 2. The van der Waals surface area contributed by atoms with E-state index in [0.717, 1.165) is 63.9 Å². The fourth-order valence-corrected chi connectivity index (χ4v) is 17.5. The summed E-state index contributed by atoms with van der Waals surface area (Å²) in [6.45, 7) is 3.22.